The van der Waals surface area contributed by atoms with Crippen molar-refractivity contribution in [1.82, 2.24) is 10.2 Å². The van der Waals surface area contributed by atoms with E-state index in [1.54, 1.807) is 11.8 Å². The van der Waals surface area contributed by atoms with Gasteiger partial charge < -0.3 is 10.1 Å². The van der Waals surface area contributed by atoms with Crippen LogP contribution in [0.2, 0.25) is 5.02 Å². The van der Waals surface area contributed by atoms with Gasteiger partial charge in [0.1, 0.15) is 12.4 Å². The zero-order valence-electron chi connectivity index (χ0n) is 14.7. The van der Waals surface area contributed by atoms with Gasteiger partial charge in [-0.05, 0) is 30.7 Å². The average molecular weight is 400 g/mol. The number of H-pyrrole nitrogens is 1. The van der Waals surface area contributed by atoms with Crippen molar-refractivity contribution >= 4 is 35.1 Å². The molecule has 3 aromatic rings. The van der Waals surface area contributed by atoms with Gasteiger partial charge in [-0.15, -0.1) is 11.8 Å². The molecule has 0 radical (unpaired) electrons. The summed E-state index contributed by atoms with van der Waals surface area (Å²) >= 11 is 7.64. The van der Waals surface area contributed by atoms with Crippen LogP contribution in [0.25, 0.3) is 0 Å². The number of hydrogen-bond acceptors (Lipinski definition) is 4. The van der Waals surface area contributed by atoms with Crippen LogP contribution in [-0.2, 0) is 11.4 Å². The number of thioether (sulfide) groups is 1. The van der Waals surface area contributed by atoms with Crippen molar-refractivity contribution in [3.63, 3.8) is 0 Å². The Morgan fingerprint density at radius 2 is 2.11 bits per heavy atom. The Bertz CT molecular complexity index is 989. The molecule has 7 heteroatoms. The van der Waals surface area contributed by atoms with Crippen molar-refractivity contribution in [2.24, 2.45) is 0 Å². The summed E-state index contributed by atoms with van der Waals surface area (Å²) in [5.41, 5.74) is 3.95. The van der Waals surface area contributed by atoms with Gasteiger partial charge in [0.15, 0.2) is 5.82 Å². The van der Waals surface area contributed by atoms with Crippen molar-refractivity contribution < 1.29 is 9.53 Å². The van der Waals surface area contributed by atoms with Crippen LogP contribution in [0.3, 0.4) is 0 Å². The van der Waals surface area contributed by atoms with E-state index in [1.165, 1.54) is 0 Å². The van der Waals surface area contributed by atoms with Gasteiger partial charge in [-0.1, -0.05) is 41.9 Å². The van der Waals surface area contributed by atoms with Crippen molar-refractivity contribution in [3.8, 4) is 5.75 Å². The number of aryl methyl sites for hydroxylation is 1. The van der Waals surface area contributed by atoms with Crippen LogP contribution in [0.1, 0.15) is 27.6 Å². The lowest BCUT2D eigenvalue weighted by molar-refractivity contribution is -0.113. The molecule has 2 aromatic carbocycles. The largest absolute Gasteiger partial charge is 0.489 e. The van der Waals surface area contributed by atoms with Gasteiger partial charge >= 0.3 is 0 Å². The molecule has 0 saturated heterocycles. The smallest absolute Gasteiger partial charge is 0.235 e. The highest BCUT2D eigenvalue weighted by Gasteiger charge is 2.29. The fourth-order valence-corrected chi connectivity index (χ4v) is 4.56. The molecule has 1 amide bonds. The number of anilines is 1. The Morgan fingerprint density at radius 3 is 2.96 bits per heavy atom. The van der Waals surface area contributed by atoms with E-state index in [-0.39, 0.29) is 11.2 Å². The molecule has 1 aliphatic heterocycles. The van der Waals surface area contributed by atoms with Crippen LogP contribution in [0.5, 0.6) is 5.75 Å². The van der Waals surface area contributed by atoms with Crippen LogP contribution >= 0.6 is 23.4 Å². The first-order chi connectivity index (χ1) is 13.1. The Kier molecular flexibility index (Phi) is 5.09. The van der Waals surface area contributed by atoms with E-state index in [1.807, 2.05) is 55.5 Å². The number of fused-ring (bicyclic) bond motifs is 1. The lowest BCUT2D eigenvalue weighted by Gasteiger charge is -2.19. The molecule has 1 aromatic heterocycles. The van der Waals surface area contributed by atoms with Crippen LogP contribution in [0.15, 0.2) is 48.5 Å². The predicted molar refractivity (Wildman–Crippen MR) is 108 cm³/mol. The van der Waals surface area contributed by atoms with Gasteiger partial charge in [0, 0.05) is 21.8 Å². The average Bonchev–Trinajstić information content (AvgIpc) is 2.92. The Hall–Kier alpha value is -2.44. The summed E-state index contributed by atoms with van der Waals surface area (Å²) in [4.78, 5) is 12.0. The minimum absolute atomic E-state index is 0.0479. The quantitative estimate of drug-likeness (QED) is 0.665. The fourth-order valence-electron chi connectivity index (χ4n) is 3.13. The summed E-state index contributed by atoms with van der Waals surface area (Å²) in [7, 11) is 0. The van der Waals surface area contributed by atoms with E-state index >= 15 is 0 Å². The number of nitrogens with zero attached hydrogens (tertiary/aromatic N) is 1. The third-order valence-corrected chi connectivity index (χ3v) is 5.87. The maximum atomic E-state index is 12.0. The highest BCUT2D eigenvalue weighted by atomic mass is 35.5. The van der Waals surface area contributed by atoms with Gasteiger partial charge in [0.05, 0.1) is 11.0 Å². The second kappa shape index (κ2) is 7.66. The number of amides is 1. The Morgan fingerprint density at radius 1 is 1.26 bits per heavy atom. The standard InChI is InChI=1S/C20H18ClN3O2S/c1-12-18-19(27-11-17(25)22-20(18)24-23-12)15-7-2-3-8-16(15)26-10-13-5-4-6-14(21)9-13/h2-9,19H,10-11H2,1H3,(H2,22,23,24,25)/t19-/m1/s1. The third-order valence-electron chi connectivity index (χ3n) is 4.38. The SMILES string of the molecule is Cc1[nH]nc2c1[C@@H](c1ccccc1OCc1cccc(Cl)c1)SCC(=O)N2. The maximum absolute atomic E-state index is 12.0. The molecule has 0 saturated carbocycles. The molecule has 5 nitrogen and oxygen atoms in total. The van der Waals surface area contributed by atoms with Crippen LogP contribution in [-0.4, -0.2) is 21.9 Å². The maximum Gasteiger partial charge on any atom is 0.235 e. The fraction of sp³-hybridized carbons (Fsp3) is 0.200. The van der Waals surface area contributed by atoms with E-state index in [2.05, 4.69) is 15.5 Å². The number of ether oxygens (including phenoxy) is 1. The Labute approximate surface area is 166 Å². The lowest BCUT2D eigenvalue weighted by Crippen LogP contribution is -2.12. The number of hydrogen-bond donors (Lipinski definition) is 2. The van der Waals surface area contributed by atoms with E-state index in [9.17, 15) is 4.79 Å². The number of aromatic amines is 1. The second-order valence-electron chi connectivity index (χ2n) is 6.31. The zero-order chi connectivity index (χ0) is 18.8. The molecule has 27 heavy (non-hydrogen) atoms. The molecule has 0 bridgehead atoms. The lowest BCUT2D eigenvalue weighted by atomic mass is 10.0. The molecule has 2 heterocycles. The van der Waals surface area contributed by atoms with E-state index in [4.69, 9.17) is 16.3 Å². The second-order valence-corrected chi connectivity index (χ2v) is 7.84. The molecular formula is C20H18ClN3O2S. The highest BCUT2D eigenvalue weighted by Crippen LogP contribution is 2.45. The van der Waals surface area contributed by atoms with Crippen LogP contribution in [0, 0.1) is 6.92 Å². The van der Waals surface area contributed by atoms with Gasteiger partial charge in [-0.2, -0.15) is 5.10 Å². The Balaban J connectivity index is 1.66. The number of carbonyl (C=O) groups is 1. The number of benzene rings is 2. The molecule has 0 unspecified atom stereocenters. The minimum Gasteiger partial charge on any atom is -0.489 e. The summed E-state index contributed by atoms with van der Waals surface area (Å²) in [6.45, 7) is 2.38. The summed E-state index contributed by atoms with van der Waals surface area (Å²) in [6.07, 6.45) is 0. The van der Waals surface area contributed by atoms with Crippen molar-refractivity contribution in [2.45, 2.75) is 18.8 Å². The number of rotatable bonds is 4. The minimum atomic E-state index is -0.0485. The normalized spacial score (nSPS) is 16.4. The third kappa shape index (κ3) is 3.82. The van der Waals surface area contributed by atoms with Crippen molar-refractivity contribution in [3.05, 3.63) is 75.9 Å². The molecule has 1 atom stereocenters. The highest BCUT2D eigenvalue weighted by molar-refractivity contribution is 8.00. The summed E-state index contributed by atoms with van der Waals surface area (Å²) in [5, 5.41) is 10.7. The summed E-state index contributed by atoms with van der Waals surface area (Å²) < 4.78 is 6.12. The van der Waals surface area contributed by atoms with Gasteiger partial charge in [-0.25, -0.2) is 0 Å². The van der Waals surface area contributed by atoms with E-state index in [0.29, 0.717) is 23.2 Å². The molecule has 138 valence electrons. The van der Waals surface area contributed by atoms with Crippen LogP contribution in [0.4, 0.5) is 5.82 Å². The number of nitrogens with one attached hydrogen (secondary N) is 2. The van der Waals surface area contributed by atoms with Crippen molar-refractivity contribution in [2.75, 3.05) is 11.1 Å². The summed E-state index contributed by atoms with van der Waals surface area (Å²) in [5.74, 6) is 1.70. The topological polar surface area (TPSA) is 67.0 Å². The number of aromatic nitrogens is 2. The molecule has 0 aliphatic carbocycles. The first-order valence-corrected chi connectivity index (χ1v) is 9.97. The monoisotopic (exact) mass is 399 g/mol. The first kappa shape index (κ1) is 17.9. The molecule has 0 spiro atoms. The van der Waals surface area contributed by atoms with Gasteiger partial charge in [0.25, 0.3) is 0 Å². The van der Waals surface area contributed by atoms with Crippen molar-refractivity contribution in [1.29, 1.82) is 0 Å². The molecule has 0 fully saturated rings. The van der Waals surface area contributed by atoms with E-state index < -0.39 is 0 Å². The molecular weight excluding hydrogens is 382 g/mol. The predicted octanol–water partition coefficient (Wildman–Crippen LogP) is 4.73. The van der Waals surface area contributed by atoms with Gasteiger partial charge in [0.2, 0.25) is 5.91 Å². The number of carbonyl (C=O) groups excluding carboxylic acids is 1. The zero-order valence-corrected chi connectivity index (χ0v) is 16.2. The number of halogens is 1. The van der Waals surface area contributed by atoms with Gasteiger partial charge in [-0.3, -0.25) is 9.89 Å². The van der Waals surface area contributed by atoms with E-state index in [0.717, 1.165) is 28.1 Å². The van der Waals surface area contributed by atoms with Crippen LogP contribution < -0.4 is 10.1 Å². The molecule has 4 rings (SSSR count). The molecule has 1 aliphatic rings. The molecule has 2 N–H and O–H groups in total. The number of para-hydroxylation sites is 1. The first-order valence-electron chi connectivity index (χ1n) is 8.54. The summed E-state index contributed by atoms with van der Waals surface area (Å²) in [6, 6.07) is 15.6.